The van der Waals surface area contributed by atoms with Crippen molar-refractivity contribution in [1.82, 2.24) is 20.3 Å². The van der Waals surface area contributed by atoms with Crippen LogP contribution in [0, 0.1) is 5.82 Å². The molecule has 0 unspecified atom stereocenters. The molecule has 2 heterocycles. The van der Waals surface area contributed by atoms with Crippen molar-refractivity contribution in [2.45, 2.75) is 12.7 Å². The summed E-state index contributed by atoms with van der Waals surface area (Å²) >= 11 is 0. The predicted molar refractivity (Wildman–Crippen MR) is 102 cm³/mol. The molecule has 9 heteroatoms. The van der Waals surface area contributed by atoms with Gasteiger partial charge in [0, 0.05) is 11.8 Å². The lowest BCUT2D eigenvalue weighted by molar-refractivity contribution is -0.137. The van der Waals surface area contributed by atoms with Crippen LogP contribution >= 0.6 is 0 Å². The summed E-state index contributed by atoms with van der Waals surface area (Å²) < 4.78 is 53.5. The second-order valence-electron chi connectivity index (χ2n) is 6.48. The minimum absolute atomic E-state index is 0.109. The molecule has 0 bridgehead atoms. The topological polar surface area (TPSA) is 70.7 Å². The first-order valence-corrected chi connectivity index (χ1v) is 8.87. The zero-order chi connectivity index (χ0) is 21.3. The Balaban J connectivity index is 1.71. The Morgan fingerprint density at radius 3 is 2.63 bits per heavy atom. The third-order valence-electron chi connectivity index (χ3n) is 4.46. The molecule has 152 valence electrons. The molecule has 0 aliphatic rings. The third-order valence-corrected chi connectivity index (χ3v) is 4.46. The smallest absolute Gasteiger partial charge is 0.346 e. The highest BCUT2D eigenvalue weighted by Crippen LogP contribution is 2.37. The number of pyridine rings is 1. The van der Waals surface area contributed by atoms with Crippen LogP contribution in [0.15, 0.2) is 60.8 Å². The van der Waals surface area contributed by atoms with Gasteiger partial charge < -0.3 is 10.3 Å². The number of carbonyl (C=O) groups is 1. The normalized spacial score (nSPS) is 11.6. The number of nitrogens with zero attached hydrogens (tertiary/aromatic N) is 2. The summed E-state index contributed by atoms with van der Waals surface area (Å²) in [6.07, 6.45) is -3.16. The summed E-state index contributed by atoms with van der Waals surface area (Å²) in [4.78, 5) is 23.7. The monoisotopic (exact) mass is 414 g/mol. The molecule has 1 amide bonds. The van der Waals surface area contributed by atoms with Crippen molar-refractivity contribution in [3.63, 3.8) is 0 Å². The molecule has 0 radical (unpaired) electrons. The summed E-state index contributed by atoms with van der Waals surface area (Å²) in [7, 11) is 0. The first-order valence-electron chi connectivity index (χ1n) is 8.87. The summed E-state index contributed by atoms with van der Waals surface area (Å²) in [6, 6.07) is 12.4. The van der Waals surface area contributed by atoms with E-state index in [1.165, 1.54) is 6.07 Å². The molecular formula is C21H14F4N4O. The SMILES string of the molecule is O=C(NCc1ccccn1)c1cccc2[nH]c(-c3ccc(F)cc3C(F)(F)F)nc12. The highest BCUT2D eigenvalue weighted by atomic mass is 19.4. The highest BCUT2D eigenvalue weighted by Gasteiger charge is 2.35. The van der Waals surface area contributed by atoms with Gasteiger partial charge in [-0.05, 0) is 42.5 Å². The first-order chi connectivity index (χ1) is 14.3. The van der Waals surface area contributed by atoms with E-state index in [2.05, 4.69) is 20.3 Å². The van der Waals surface area contributed by atoms with E-state index in [0.717, 1.165) is 12.1 Å². The molecular weight excluding hydrogens is 400 g/mol. The van der Waals surface area contributed by atoms with Crippen LogP contribution in [-0.4, -0.2) is 20.9 Å². The Morgan fingerprint density at radius 1 is 1.07 bits per heavy atom. The van der Waals surface area contributed by atoms with Crippen molar-refractivity contribution >= 4 is 16.9 Å². The molecule has 0 spiro atoms. The Morgan fingerprint density at radius 2 is 1.90 bits per heavy atom. The van der Waals surface area contributed by atoms with E-state index in [0.29, 0.717) is 17.3 Å². The number of nitrogens with one attached hydrogen (secondary N) is 2. The number of aromatic nitrogens is 3. The number of H-pyrrole nitrogens is 1. The number of imidazole rings is 1. The van der Waals surface area contributed by atoms with Crippen molar-refractivity contribution in [1.29, 1.82) is 0 Å². The van der Waals surface area contributed by atoms with E-state index >= 15 is 0 Å². The Labute approximate surface area is 167 Å². The number of alkyl halides is 3. The number of rotatable bonds is 4. The second-order valence-corrected chi connectivity index (χ2v) is 6.48. The fourth-order valence-corrected chi connectivity index (χ4v) is 3.07. The van der Waals surface area contributed by atoms with Gasteiger partial charge in [-0.2, -0.15) is 13.2 Å². The lowest BCUT2D eigenvalue weighted by Gasteiger charge is -2.11. The van der Waals surface area contributed by atoms with E-state index in [4.69, 9.17) is 0 Å². The van der Waals surface area contributed by atoms with Gasteiger partial charge in [0.25, 0.3) is 5.91 Å². The summed E-state index contributed by atoms with van der Waals surface area (Å²) in [5.41, 5.74) is -0.0115. The van der Waals surface area contributed by atoms with Gasteiger partial charge in [0.1, 0.15) is 17.2 Å². The van der Waals surface area contributed by atoms with Gasteiger partial charge in [0.15, 0.2) is 0 Å². The third kappa shape index (κ3) is 3.86. The highest BCUT2D eigenvalue weighted by molar-refractivity contribution is 6.05. The fourth-order valence-electron chi connectivity index (χ4n) is 3.07. The number of carbonyl (C=O) groups excluding carboxylic acids is 1. The Kier molecular flexibility index (Phi) is 4.94. The van der Waals surface area contributed by atoms with Crippen LogP contribution in [0.1, 0.15) is 21.6 Å². The number of halogens is 4. The van der Waals surface area contributed by atoms with Crippen molar-refractivity contribution in [3.05, 3.63) is 83.4 Å². The van der Waals surface area contributed by atoms with Gasteiger partial charge in [-0.15, -0.1) is 0 Å². The van der Waals surface area contributed by atoms with Crippen LogP contribution in [0.3, 0.4) is 0 Å². The Bertz CT molecular complexity index is 1220. The van der Waals surface area contributed by atoms with Gasteiger partial charge in [0.05, 0.1) is 28.9 Å². The molecule has 0 saturated carbocycles. The molecule has 0 aliphatic heterocycles. The van der Waals surface area contributed by atoms with Crippen LogP contribution in [0.4, 0.5) is 17.6 Å². The summed E-state index contributed by atoms with van der Waals surface area (Å²) in [5.74, 6) is -1.56. The lowest BCUT2D eigenvalue weighted by atomic mass is 10.1. The molecule has 30 heavy (non-hydrogen) atoms. The number of benzene rings is 2. The van der Waals surface area contributed by atoms with Gasteiger partial charge in [-0.3, -0.25) is 9.78 Å². The first kappa shape index (κ1) is 19.6. The van der Waals surface area contributed by atoms with Crippen LogP contribution in [0.5, 0.6) is 0 Å². The van der Waals surface area contributed by atoms with E-state index in [1.54, 1.807) is 36.5 Å². The lowest BCUT2D eigenvalue weighted by Crippen LogP contribution is -2.23. The molecule has 2 aromatic carbocycles. The van der Waals surface area contributed by atoms with Gasteiger partial charge in [-0.1, -0.05) is 12.1 Å². The predicted octanol–water partition coefficient (Wildman–Crippen LogP) is 4.71. The van der Waals surface area contributed by atoms with Crippen LogP contribution in [0.25, 0.3) is 22.4 Å². The maximum Gasteiger partial charge on any atom is 0.417 e. The van der Waals surface area contributed by atoms with E-state index in [-0.39, 0.29) is 29.0 Å². The van der Waals surface area contributed by atoms with Gasteiger partial charge >= 0.3 is 6.18 Å². The van der Waals surface area contributed by atoms with E-state index in [1.807, 2.05) is 0 Å². The molecule has 0 atom stereocenters. The number of hydrogen-bond donors (Lipinski definition) is 2. The largest absolute Gasteiger partial charge is 0.417 e. The number of amides is 1. The van der Waals surface area contributed by atoms with E-state index < -0.39 is 23.5 Å². The molecule has 2 aromatic heterocycles. The number of fused-ring (bicyclic) bond motifs is 1. The average molecular weight is 414 g/mol. The molecule has 5 nitrogen and oxygen atoms in total. The van der Waals surface area contributed by atoms with E-state index in [9.17, 15) is 22.4 Å². The molecule has 0 aliphatic carbocycles. The van der Waals surface area contributed by atoms with Crippen LogP contribution in [0.2, 0.25) is 0 Å². The van der Waals surface area contributed by atoms with Gasteiger partial charge in [0.2, 0.25) is 0 Å². The summed E-state index contributed by atoms with van der Waals surface area (Å²) in [5, 5.41) is 2.71. The average Bonchev–Trinajstić information content (AvgIpc) is 3.16. The zero-order valence-electron chi connectivity index (χ0n) is 15.3. The minimum Gasteiger partial charge on any atom is -0.346 e. The second kappa shape index (κ2) is 7.58. The van der Waals surface area contributed by atoms with Crippen molar-refractivity contribution in [2.24, 2.45) is 0 Å². The zero-order valence-corrected chi connectivity index (χ0v) is 15.3. The number of aromatic amines is 1. The molecule has 0 fully saturated rings. The Hall–Kier alpha value is -3.75. The quantitative estimate of drug-likeness (QED) is 0.475. The fraction of sp³-hybridized carbons (Fsp3) is 0.0952. The van der Waals surface area contributed by atoms with Crippen molar-refractivity contribution in [2.75, 3.05) is 0 Å². The molecule has 0 saturated heterocycles. The maximum absolute atomic E-state index is 13.4. The summed E-state index contributed by atoms with van der Waals surface area (Å²) in [6.45, 7) is 0.184. The minimum atomic E-state index is -4.76. The maximum atomic E-state index is 13.4. The van der Waals surface area contributed by atoms with Crippen molar-refractivity contribution in [3.8, 4) is 11.4 Å². The number of para-hydroxylation sites is 1. The standard InChI is InChI=1S/C21H14F4N4O/c22-12-7-8-14(16(10-12)21(23,24)25)19-28-17-6-3-5-15(18(17)29-19)20(30)27-11-13-4-1-2-9-26-13/h1-10H,11H2,(H,27,30)(H,28,29). The molecule has 4 rings (SSSR count). The van der Waals surface area contributed by atoms with Crippen molar-refractivity contribution < 1.29 is 22.4 Å². The number of hydrogen-bond acceptors (Lipinski definition) is 3. The molecule has 4 aromatic rings. The van der Waals surface area contributed by atoms with Crippen LogP contribution in [-0.2, 0) is 12.7 Å². The van der Waals surface area contributed by atoms with Gasteiger partial charge in [-0.25, -0.2) is 9.37 Å². The molecule has 2 N–H and O–H groups in total. The van der Waals surface area contributed by atoms with Crippen LogP contribution < -0.4 is 5.32 Å².